The summed E-state index contributed by atoms with van der Waals surface area (Å²) in [5, 5.41) is 3.02. The average Bonchev–Trinajstić information content (AvgIpc) is 2.16. The summed E-state index contributed by atoms with van der Waals surface area (Å²) < 4.78 is 0. The highest BCUT2D eigenvalue weighted by Crippen LogP contribution is 2.08. The highest BCUT2D eigenvalue weighted by Gasteiger charge is 2.23. The minimum atomic E-state index is -0.378. The second-order valence-electron chi connectivity index (χ2n) is 4.88. The molecule has 1 saturated heterocycles. The molecule has 1 amide bonds. The molecule has 1 aliphatic rings. The van der Waals surface area contributed by atoms with E-state index in [1.807, 2.05) is 13.8 Å². The number of carbonyl (C=O) groups excluding carboxylic acids is 1. The van der Waals surface area contributed by atoms with Crippen LogP contribution >= 0.6 is 0 Å². The second-order valence-corrected chi connectivity index (χ2v) is 4.88. The summed E-state index contributed by atoms with van der Waals surface area (Å²) in [6.45, 7) is 6.01. The first-order valence-electron chi connectivity index (χ1n) is 5.75. The van der Waals surface area contributed by atoms with Crippen LogP contribution in [0.15, 0.2) is 0 Å². The van der Waals surface area contributed by atoms with Gasteiger partial charge in [0.15, 0.2) is 0 Å². The molecule has 15 heavy (non-hydrogen) atoms. The lowest BCUT2D eigenvalue weighted by Crippen LogP contribution is -2.52. The highest BCUT2D eigenvalue weighted by atomic mass is 16.2. The van der Waals surface area contributed by atoms with Gasteiger partial charge in [-0.3, -0.25) is 4.79 Å². The van der Waals surface area contributed by atoms with Crippen molar-refractivity contribution in [2.45, 2.75) is 38.8 Å². The maximum Gasteiger partial charge on any atom is 0.237 e. The van der Waals surface area contributed by atoms with E-state index in [-0.39, 0.29) is 23.9 Å². The molecule has 0 radical (unpaired) electrons. The Morgan fingerprint density at radius 2 is 2.20 bits per heavy atom. The fourth-order valence-corrected chi connectivity index (χ4v) is 1.88. The van der Waals surface area contributed by atoms with Crippen LogP contribution < -0.4 is 11.1 Å². The summed E-state index contributed by atoms with van der Waals surface area (Å²) >= 11 is 0. The predicted octanol–water partition coefficient (Wildman–Crippen LogP) is 0.180. The van der Waals surface area contributed by atoms with Gasteiger partial charge in [-0.25, -0.2) is 0 Å². The molecule has 0 saturated carbocycles. The topological polar surface area (TPSA) is 58.4 Å². The van der Waals surface area contributed by atoms with Gasteiger partial charge in [0.1, 0.15) is 0 Å². The number of carbonyl (C=O) groups is 1. The smallest absolute Gasteiger partial charge is 0.237 e. The molecular formula is C11H23N3O. The molecular weight excluding hydrogens is 190 g/mol. The molecule has 1 unspecified atom stereocenters. The molecule has 3 N–H and O–H groups in total. The average molecular weight is 213 g/mol. The lowest BCUT2D eigenvalue weighted by molar-refractivity contribution is -0.124. The molecule has 0 aliphatic carbocycles. The number of likely N-dealkylation sites (N-methyl/N-ethyl adjacent to an activating group) is 1. The summed E-state index contributed by atoms with van der Waals surface area (Å²) in [6.07, 6.45) is 2.22. The number of nitrogens with zero attached hydrogens (tertiary/aromatic N) is 1. The van der Waals surface area contributed by atoms with Crippen LogP contribution in [0.3, 0.4) is 0 Å². The van der Waals surface area contributed by atoms with Crippen molar-refractivity contribution in [2.24, 2.45) is 11.7 Å². The number of hydrogen-bond acceptors (Lipinski definition) is 3. The Kier molecular flexibility index (Phi) is 4.54. The van der Waals surface area contributed by atoms with Gasteiger partial charge in [0.2, 0.25) is 5.91 Å². The Morgan fingerprint density at radius 1 is 1.53 bits per heavy atom. The van der Waals surface area contributed by atoms with E-state index in [1.54, 1.807) is 0 Å². The Hall–Kier alpha value is -0.610. The molecule has 4 nitrogen and oxygen atoms in total. The molecule has 0 aromatic carbocycles. The van der Waals surface area contributed by atoms with E-state index in [0.717, 1.165) is 25.9 Å². The van der Waals surface area contributed by atoms with Crippen molar-refractivity contribution < 1.29 is 4.79 Å². The van der Waals surface area contributed by atoms with Gasteiger partial charge < -0.3 is 16.0 Å². The number of hydrogen-bond donors (Lipinski definition) is 2. The van der Waals surface area contributed by atoms with E-state index in [0.29, 0.717) is 0 Å². The van der Waals surface area contributed by atoms with Crippen molar-refractivity contribution in [3.05, 3.63) is 0 Å². The third-order valence-corrected chi connectivity index (χ3v) is 2.99. The number of piperidine rings is 1. The Balaban J connectivity index is 2.37. The van der Waals surface area contributed by atoms with Gasteiger partial charge in [-0.2, -0.15) is 0 Å². The Bertz CT molecular complexity index is 218. The maximum atomic E-state index is 11.7. The minimum Gasteiger partial charge on any atom is -0.351 e. The van der Waals surface area contributed by atoms with Gasteiger partial charge in [-0.05, 0) is 32.4 Å². The first kappa shape index (κ1) is 12.5. The van der Waals surface area contributed by atoms with Crippen LogP contribution in [0.2, 0.25) is 0 Å². The fraction of sp³-hybridized carbons (Fsp3) is 0.909. The Labute approximate surface area is 92.2 Å². The van der Waals surface area contributed by atoms with Crippen LogP contribution in [0.1, 0.15) is 26.7 Å². The van der Waals surface area contributed by atoms with Crippen LogP contribution in [0.5, 0.6) is 0 Å². The molecule has 0 spiro atoms. The largest absolute Gasteiger partial charge is 0.351 e. The summed E-state index contributed by atoms with van der Waals surface area (Å²) in [5.74, 6) is 0.191. The van der Waals surface area contributed by atoms with Gasteiger partial charge in [0, 0.05) is 12.6 Å². The van der Waals surface area contributed by atoms with Crippen LogP contribution in [0.4, 0.5) is 0 Å². The molecule has 1 fully saturated rings. The zero-order valence-corrected chi connectivity index (χ0v) is 9.99. The SMILES string of the molecule is CC(C)[C@H](N)C(=O)NC1CCCN(C)C1. The molecule has 0 bridgehead atoms. The van der Waals surface area contributed by atoms with Crippen molar-refractivity contribution in [3.8, 4) is 0 Å². The highest BCUT2D eigenvalue weighted by molar-refractivity contribution is 5.82. The summed E-state index contributed by atoms with van der Waals surface area (Å²) in [6, 6.07) is -0.0988. The van der Waals surface area contributed by atoms with Gasteiger partial charge in [0.25, 0.3) is 0 Å². The summed E-state index contributed by atoms with van der Waals surface area (Å²) in [5.41, 5.74) is 5.79. The number of nitrogens with two attached hydrogens (primary N) is 1. The van der Waals surface area contributed by atoms with E-state index in [1.165, 1.54) is 0 Å². The van der Waals surface area contributed by atoms with E-state index in [9.17, 15) is 4.79 Å². The summed E-state index contributed by atoms with van der Waals surface area (Å²) in [7, 11) is 2.08. The van der Waals surface area contributed by atoms with E-state index in [4.69, 9.17) is 5.73 Å². The van der Waals surface area contributed by atoms with Gasteiger partial charge in [-0.15, -0.1) is 0 Å². The van der Waals surface area contributed by atoms with E-state index in [2.05, 4.69) is 17.3 Å². The van der Waals surface area contributed by atoms with E-state index >= 15 is 0 Å². The molecule has 88 valence electrons. The first-order valence-corrected chi connectivity index (χ1v) is 5.75. The van der Waals surface area contributed by atoms with Crippen molar-refractivity contribution in [1.82, 2.24) is 10.2 Å². The molecule has 1 aliphatic heterocycles. The third-order valence-electron chi connectivity index (χ3n) is 2.99. The summed E-state index contributed by atoms with van der Waals surface area (Å²) in [4.78, 5) is 14.0. The number of amides is 1. The number of rotatable bonds is 3. The molecule has 0 aromatic heterocycles. The van der Waals surface area contributed by atoms with Crippen molar-refractivity contribution in [2.75, 3.05) is 20.1 Å². The lowest BCUT2D eigenvalue weighted by atomic mass is 10.0. The van der Waals surface area contributed by atoms with Crippen molar-refractivity contribution in [3.63, 3.8) is 0 Å². The molecule has 1 heterocycles. The van der Waals surface area contributed by atoms with Crippen LogP contribution in [0.25, 0.3) is 0 Å². The quantitative estimate of drug-likeness (QED) is 0.703. The van der Waals surface area contributed by atoms with Gasteiger partial charge in [-0.1, -0.05) is 13.8 Å². The fourth-order valence-electron chi connectivity index (χ4n) is 1.88. The second kappa shape index (κ2) is 5.47. The Morgan fingerprint density at radius 3 is 2.73 bits per heavy atom. The van der Waals surface area contributed by atoms with Crippen LogP contribution in [-0.2, 0) is 4.79 Å². The van der Waals surface area contributed by atoms with Gasteiger partial charge in [0.05, 0.1) is 6.04 Å². The van der Waals surface area contributed by atoms with Crippen LogP contribution in [-0.4, -0.2) is 43.0 Å². The minimum absolute atomic E-state index is 0.00898. The predicted molar refractivity (Wildman–Crippen MR) is 61.5 cm³/mol. The van der Waals surface area contributed by atoms with Gasteiger partial charge >= 0.3 is 0 Å². The maximum absolute atomic E-state index is 11.7. The number of likely N-dealkylation sites (tertiary alicyclic amines) is 1. The van der Waals surface area contributed by atoms with Crippen molar-refractivity contribution in [1.29, 1.82) is 0 Å². The van der Waals surface area contributed by atoms with Crippen LogP contribution in [0, 0.1) is 5.92 Å². The standard InChI is InChI=1S/C11H23N3O/c1-8(2)10(12)11(15)13-9-5-4-6-14(3)7-9/h8-10H,4-7,12H2,1-3H3,(H,13,15)/t9?,10-/m0/s1. The lowest BCUT2D eigenvalue weighted by Gasteiger charge is -2.31. The number of nitrogens with one attached hydrogen (secondary N) is 1. The molecule has 2 atom stereocenters. The zero-order valence-electron chi connectivity index (χ0n) is 9.99. The third kappa shape index (κ3) is 3.80. The van der Waals surface area contributed by atoms with Crippen molar-refractivity contribution >= 4 is 5.91 Å². The molecule has 1 rings (SSSR count). The molecule has 4 heteroatoms. The van der Waals surface area contributed by atoms with E-state index < -0.39 is 0 Å². The monoisotopic (exact) mass is 213 g/mol. The first-order chi connectivity index (χ1) is 7.00. The molecule has 0 aromatic rings. The zero-order chi connectivity index (χ0) is 11.4. The normalized spacial score (nSPS) is 25.3.